The van der Waals surface area contributed by atoms with Crippen LogP contribution in [-0.2, 0) is 9.53 Å². The zero-order valence-corrected chi connectivity index (χ0v) is 12.1. The van der Waals surface area contributed by atoms with Crippen LogP contribution in [0.1, 0.15) is 36.3 Å². The number of carbonyl (C=O) groups excluding carboxylic acids is 1. The first-order valence-corrected chi connectivity index (χ1v) is 6.98. The molecule has 2 atom stereocenters. The van der Waals surface area contributed by atoms with Crippen molar-refractivity contribution in [2.75, 3.05) is 20.7 Å². The Labute approximate surface area is 115 Å². The molecule has 1 unspecified atom stereocenters. The van der Waals surface area contributed by atoms with Crippen LogP contribution in [0.3, 0.4) is 0 Å². The molecule has 0 spiro atoms. The average molecular weight is 261 g/mol. The van der Waals surface area contributed by atoms with E-state index in [1.807, 2.05) is 0 Å². The molecule has 1 fully saturated rings. The van der Waals surface area contributed by atoms with Gasteiger partial charge in [0.1, 0.15) is 0 Å². The third-order valence-electron chi connectivity index (χ3n) is 4.10. The lowest BCUT2D eigenvalue weighted by Crippen LogP contribution is -2.43. The summed E-state index contributed by atoms with van der Waals surface area (Å²) in [4.78, 5) is 14.5. The molecule has 1 aromatic rings. The number of nitrogens with zero attached hydrogens (tertiary/aromatic N) is 1. The van der Waals surface area contributed by atoms with Crippen molar-refractivity contribution in [3.8, 4) is 0 Å². The van der Waals surface area contributed by atoms with E-state index in [4.69, 9.17) is 4.74 Å². The highest BCUT2D eigenvalue weighted by Crippen LogP contribution is 2.30. The lowest BCUT2D eigenvalue weighted by atomic mass is 9.85. The lowest BCUT2D eigenvalue weighted by Gasteiger charge is -2.37. The van der Waals surface area contributed by atoms with Crippen LogP contribution >= 0.6 is 0 Å². The molecule has 0 saturated carbocycles. The highest BCUT2D eigenvalue weighted by atomic mass is 16.5. The summed E-state index contributed by atoms with van der Waals surface area (Å²) < 4.78 is 5.03. The van der Waals surface area contributed by atoms with Gasteiger partial charge in [-0.05, 0) is 38.9 Å². The van der Waals surface area contributed by atoms with Gasteiger partial charge in [-0.25, -0.2) is 0 Å². The molecule has 0 bridgehead atoms. The summed E-state index contributed by atoms with van der Waals surface area (Å²) in [6.07, 6.45) is 3.47. The van der Waals surface area contributed by atoms with Crippen LogP contribution < -0.4 is 0 Å². The van der Waals surface area contributed by atoms with Crippen molar-refractivity contribution in [1.29, 1.82) is 0 Å². The van der Waals surface area contributed by atoms with Gasteiger partial charge in [0.2, 0.25) is 0 Å². The topological polar surface area (TPSA) is 29.5 Å². The zero-order chi connectivity index (χ0) is 13.8. The quantitative estimate of drug-likeness (QED) is 0.784. The number of likely N-dealkylation sites (tertiary alicyclic amines) is 1. The average Bonchev–Trinajstić information content (AvgIpc) is 2.43. The zero-order valence-electron chi connectivity index (χ0n) is 12.1. The molecule has 0 aromatic heterocycles. The predicted molar refractivity (Wildman–Crippen MR) is 76.2 cm³/mol. The van der Waals surface area contributed by atoms with E-state index in [0.29, 0.717) is 0 Å². The Morgan fingerprint density at radius 2 is 2.00 bits per heavy atom. The van der Waals surface area contributed by atoms with Crippen molar-refractivity contribution < 1.29 is 9.53 Å². The Balaban J connectivity index is 2.29. The fraction of sp³-hybridized carbons (Fsp3) is 0.562. The summed E-state index contributed by atoms with van der Waals surface area (Å²) in [5, 5.41) is 0. The molecular formula is C16H23NO2. The Kier molecular flexibility index (Phi) is 4.59. The molecule has 0 amide bonds. The van der Waals surface area contributed by atoms with E-state index < -0.39 is 0 Å². The third-order valence-corrected chi connectivity index (χ3v) is 4.10. The number of esters is 1. The number of hydrogen-bond donors (Lipinski definition) is 0. The van der Waals surface area contributed by atoms with Crippen molar-refractivity contribution in [2.45, 2.75) is 38.1 Å². The monoisotopic (exact) mass is 261 g/mol. The Hall–Kier alpha value is -1.35. The molecule has 1 aromatic carbocycles. The van der Waals surface area contributed by atoms with Crippen molar-refractivity contribution in [3.05, 3.63) is 35.4 Å². The number of aryl methyl sites for hydroxylation is 1. The molecule has 1 aliphatic rings. The number of piperidine rings is 1. The molecule has 19 heavy (non-hydrogen) atoms. The van der Waals surface area contributed by atoms with Crippen molar-refractivity contribution in [2.24, 2.45) is 0 Å². The molecule has 3 heteroatoms. The molecule has 0 radical (unpaired) electrons. The van der Waals surface area contributed by atoms with Gasteiger partial charge in [-0.3, -0.25) is 4.79 Å². The Morgan fingerprint density at radius 3 is 2.58 bits per heavy atom. The van der Waals surface area contributed by atoms with Gasteiger partial charge in [0.05, 0.1) is 13.0 Å². The van der Waals surface area contributed by atoms with Gasteiger partial charge in [0.15, 0.2) is 0 Å². The number of benzene rings is 1. The Morgan fingerprint density at radius 1 is 1.32 bits per heavy atom. The standard InChI is InChI=1S/C16H23NO2/c1-12-7-9-13(10-8-12)15(16(18)19-3)14-6-4-5-11-17(14)2/h7-10,14-15H,4-6,11H2,1-3H3/t14?,15-/m0/s1. The molecular weight excluding hydrogens is 238 g/mol. The lowest BCUT2D eigenvalue weighted by molar-refractivity contribution is -0.144. The van der Waals surface area contributed by atoms with Crippen LogP contribution in [0.15, 0.2) is 24.3 Å². The van der Waals surface area contributed by atoms with Crippen LogP contribution in [0.4, 0.5) is 0 Å². The van der Waals surface area contributed by atoms with Crippen molar-refractivity contribution in [3.63, 3.8) is 0 Å². The van der Waals surface area contributed by atoms with Gasteiger partial charge >= 0.3 is 5.97 Å². The third kappa shape index (κ3) is 3.16. The Bertz CT molecular complexity index is 427. The largest absolute Gasteiger partial charge is 0.469 e. The van der Waals surface area contributed by atoms with E-state index in [1.165, 1.54) is 25.5 Å². The SMILES string of the molecule is COC(=O)[C@@H](c1ccc(C)cc1)C1CCCCN1C. The van der Waals surface area contributed by atoms with E-state index in [0.717, 1.165) is 18.5 Å². The summed E-state index contributed by atoms with van der Waals surface area (Å²) >= 11 is 0. The first-order chi connectivity index (χ1) is 9.13. The van der Waals surface area contributed by atoms with Crippen molar-refractivity contribution in [1.82, 2.24) is 4.90 Å². The molecule has 104 valence electrons. The maximum absolute atomic E-state index is 12.2. The molecule has 0 aliphatic carbocycles. The minimum Gasteiger partial charge on any atom is -0.469 e. The fourth-order valence-corrected chi connectivity index (χ4v) is 2.94. The van der Waals surface area contributed by atoms with Crippen LogP contribution in [0.5, 0.6) is 0 Å². The van der Waals surface area contributed by atoms with Gasteiger partial charge in [-0.2, -0.15) is 0 Å². The van der Waals surface area contributed by atoms with Crippen LogP contribution in [0, 0.1) is 6.92 Å². The molecule has 3 nitrogen and oxygen atoms in total. The second-order valence-electron chi connectivity index (χ2n) is 5.46. The van der Waals surface area contributed by atoms with E-state index in [-0.39, 0.29) is 17.9 Å². The van der Waals surface area contributed by atoms with Gasteiger partial charge in [0.25, 0.3) is 0 Å². The predicted octanol–water partition coefficient (Wildman–Crippen LogP) is 2.74. The summed E-state index contributed by atoms with van der Waals surface area (Å²) in [5.74, 6) is -0.293. The van der Waals surface area contributed by atoms with Gasteiger partial charge < -0.3 is 9.64 Å². The number of rotatable bonds is 3. The number of methoxy groups -OCH3 is 1. The van der Waals surface area contributed by atoms with Crippen LogP contribution in [-0.4, -0.2) is 37.6 Å². The van der Waals surface area contributed by atoms with Gasteiger partial charge in [-0.15, -0.1) is 0 Å². The smallest absolute Gasteiger partial charge is 0.314 e. The van der Waals surface area contributed by atoms with Gasteiger partial charge in [-0.1, -0.05) is 36.2 Å². The van der Waals surface area contributed by atoms with Crippen LogP contribution in [0.25, 0.3) is 0 Å². The van der Waals surface area contributed by atoms with Gasteiger partial charge in [0, 0.05) is 6.04 Å². The first-order valence-electron chi connectivity index (χ1n) is 6.98. The number of hydrogen-bond acceptors (Lipinski definition) is 3. The second kappa shape index (κ2) is 6.20. The summed E-state index contributed by atoms with van der Waals surface area (Å²) in [7, 11) is 3.58. The molecule has 2 rings (SSSR count). The maximum atomic E-state index is 12.2. The summed E-state index contributed by atoms with van der Waals surface area (Å²) in [6, 6.07) is 8.49. The summed E-state index contributed by atoms with van der Waals surface area (Å²) in [5.41, 5.74) is 2.28. The number of likely N-dealkylation sites (N-methyl/N-ethyl adjacent to an activating group) is 1. The maximum Gasteiger partial charge on any atom is 0.314 e. The van der Waals surface area contributed by atoms with Crippen molar-refractivity contribution >= 4 is 5.97 Å². The second-order valence-corrected chi connectivity index (χ2v) is 5.46. The minimum atomic E-state index is -0.170. The van der Waals surface area contributed by atoms with E-state index >= 15 is 0 Å². The molecule has 1 aliphatic heterocycles. The summed E-state index contributed by atoms with van der Waals surface area (Å²) in [6.45, 7) is 3.12. The van der Waals surface area contributed by atoms with Crippen LogP contribution in [0.2, 0.25) is 0 Å². The van der Waals surface area contributed by atoms with E-state index in [2.05, 4.69) is 43.1 Å². The fourth-order valence-electron chi connectivity index (χ4n) is 2.94. The van der Waals surface area contributed by atoms with E-state index in [1.54, 1.807) is 0 Å². The number of ether oxygens (including phenoxy) is 1. The molecule has 1 saturated heterocycles. The first kappa shape index (κ1) is 14.1. The van der Waals surface area contributed by atoms with E-state index in [9.17, 15) is 4.79 Å². The number of carbonyl (C=O) groups is 1. The highest BCUT2D eigenvalue weighted by Gasteiger charge is 2.34. The highest BCUT2D eigenvalue weighted by molar-refractivity contribution is 5.79. The molecule has 1 heterocycles. The normalized spacial score (nSPS) is 21.9. The molecule has 0 N–H and O–H groups in total. The minimum absolute atomic E-state index is 0.123.